The molecule has 0 saturated carbocycles. The molecule has 63 heavy (non-hydrogen) atoms. The fraction of sp³-hybridized carbons (Fsp3) is 0.231. The zero-order valence-electron chi connectivity index (χ0n) is 36.8. The number of aromatic nitrogens is 8. The standard InChI is InChI=1S/C52H47N9O2/c1-50(2,3)30-15-21-35-39(25-30)47-56-43(35)53-42-34-20-14-29(11-10-28-12-18-33(19-13-28)61(62)63)24-38(34)46(54-42)55-44-36-22-16-31(51(4,5)6)26-40(36)48(58-44)60-49-41-27-32(52(7,8)9)17-23-37(41)45(57-47)59-49/h10-27H,1-9H3,(H2,53,54,55,56,57,58,59,60)/b11-10+. The SMILES string of the molecule is CC(C)(C)c1ccc2c(c1)-c1nc3nc(nc4[nH]c(nc5[nH]c(nc-2n1)c1cc(/C=C/c2ccc([N+](=O)[O-])cc2)ccc51)c1ccc(C(C)(C)C)cc41)-c1ccc(C(C)(C)C)cc1-3. The van der Waals surface area contributed by atoms with E-state index in [1.54, 1.807) is 12.1 Å². The second-order valence-corrected chi connectivity index (χ2v) is 19.6. The highest BCUT2D eigenvalue weighted by atomic mass is 16.6. The molecule has 0 atom stereocenters. The van der Waals surface area contributed by atoms with Crippen LogP contribution in [0.5, 0.6) is 0 Å². The summed E-state index contributed by atoms with van der Waals surface area (Å²) in [4.78, 5) is 49.6. The summed E-state index contributed by atoms with van der Waals surface area (Å²) in [5.41, 5.74) is 11.0. The van der Waals surface area contributed by atoms with Gasteiger partial charge in [-0.15, -0.1) is 0 Å². The minimum Gasteiger partial charge on any atom is -0.324 e. The Morgan fingerprint density at radius 2 is 0.825 bits per heavy atom. The van der Waals surface area contributed by atoms with Crippen molar-refractivity contribution in [2.45, 2.75) is 78.6 Å². The van der Waals surface area contributed by atoms with Crippen molar-refractivity contribution in [3.63, 3.8) is 0 Å². The van der Waals surface area contributed by atoms with Crippen LogP contribution in [-0.4, -0.2) is 44.8 Å². The van der Waals surface area contributed by atoms with Gasteiger partial charge < -0.3 is 9.97 Å². The summed E-state index contributed by atoms with van der Waals surface area (Å²) in [6, 6.07) is 32.0. The molecule has 0 fully saturated rings. The Morgan fingerprint density at radius 3 is 1.32 bits per heavy atom. The Labute approximate surface area is 364 Å². The summed E-state index contributed by atoms with van der Waals surface area (Å²) in [5, 5.41) is 14.8. The second-order valence-electron chi connectivity index (χ2n) is 19.6. The van der Waals surface area contributed by atoms with E-state index < -0.39 is 4.92 Å². The molecule has 2 aliphatic heterocycles. The van der Waals surface area contributed by atoms with Crippen LogP contribution in [0.4, 0.5) is 5.69 Å². The number of non-ortho nitro benzene ring substituents is 1. The van der Waals surface area contributed by atoms with E-state index in [2.05, 4.69) is 133 Å². The fourth-order valence-corrected chi connectivity index (χ4v) is 8.21. The van der Waals surface area contributed by atoms with Crippen LogP contribution >= 0.6 is 0 Å². The van der Waals surface area contributed by atoms with Gasteiger partial charge in [0.15, 0.2) is 23.3 Å². The van der Waals surface area contributed by atoms with Crippen LogP contribution in [0.1, 0.15) is 90.1 Å². The minimum absolute atomic E-state index is 0.0493. The summed E-state index contributed by atoms with van der Waals surface area (Å²) in [5.74, 6) is 2.16. The summed E-state index contributed by atoms with van der Waals surface area (Å²) >= 11 is 0. The first-order valence-electron chi connectivity index (χ1n) is 21.2. The molecule has 0 aliphatic carbocycles. The van der Waals surface area contributed by atoms with Crippen molar-refractivity contribution in [2.75, 3.05) is 0 Å². The van der Waals surface area contributed by atoms with E-state index in [9.17, 15) is 10.1 Å². The predicted octanol–water partition coefficient (Wildman–Crippen LogP) is 12.8. The third-order valence-electron chi connectivity index (χ3n) is 12.0. The van der Waals surface area contributed by atoms with E-state index in [1.165, 1.54) is 23.3 Å². The van der Waals surface area contributed by atoms with Crippen LogP contribution in [0.25, 0.3) is 102 Å². The van der Waals surface area contributed by atoms with Gasteiger partial charge in [-0.25, -0.2) is 29.9 Å². The van der Waals surface area contributed by atoms with Crippen molar-refractivity contribution in [3.8, 4) is 45.6 Å². The van der Waals surface area contributed by atoms with Gasteiger partial charge in [0.2, 0.25) is 0 Å². The van der Waals surface area contributed by atoms with Crippen molar-refractivity contribution < 1.29 is 4.92 Å². The molecule has 11 heteroatoms. The lowest BCUT2D eigenvalue weighted by atomic mass is 9.85. The van der Waals surface area contributed by atoms with E-state index in [-0.39, 0.29) is 21.9 Å². The monoisotopic (exact) mass is 829 g/mol. The Balaban J connectivity index is 1.30. The van der Waals surface area contributed by atoms with Gasteiger partial charge in [0, 0.05) is 55.9 Å². The average Bonchev–Trinajstić information content (AvgIpc) is 3.96. The smallest absolute Gasteiger partial charge is 0.269 e. The van der Waals surface area contributed by atoms with E-state index in [0.29, 0.717) is 45.9 Å². The maximum atomic E-state index is 11.3. The molecule has 8 aromatic rings. The normalized spacial score (nSPS) is 12.9. The van der Waals surface area contributed by atoms with Gasteiger partial charge in [0.05, 0.1) is 4.92 Å². The molecule has 0 amide bonds. The lowest BCUT2D eigenvalue weighted by Gasteiger charge is -2.20. The van der Waals surface area contributed by atoms with Gasteiger partial charge in [-0.05, 0) is 86.5 Å². The molecule has 5 aromatic carbocycles. The van der Waals surface area contributed by atoms with E-state index in [0.717, 1.165) is 60.5 Å². The largest absolute Gasteiger partial charge is 0.324 e. The first kappa shape index (κ1) is 39.7. The van der Waals surface area contributed by atoms with Crippen LogP contribution in [0.3, 0.4) is 0 Å². The lowest BCUT2D eigenvalue weighted by Crippen LogP contribution is -2.11. The number of nitro benzene ring substituents is 1. The molecule has 8 bridgehead atoms. The lowest BCUT2D eigenvalue weighted by molar-refractivity contribution is -0.384. The van der Waals surface area contributed by atoms with Crippen LogP contribution < -0.4 is 0 Å². The van der Waals surface area contributed by atoms with Gasteiger partial charge in [0.1, 0.15) is 22.6 Å². The number of rotatable bonds is 3. The number of nitrogens with zero attached hydrogens (tertiary/aromatic N) is 7. The summed E-state index contributed by atoms with van der Waals surface area (Å²) in [7, 11) is 0. The Hall–Kier alpha value is -7.40. The van der Waals surface area contributed by atoms with E-state index in [4.69, 9.17) is 29.9 Å². The van der Waals surface area contributed by atoms with Crippen molar-refractivity contribution >= 4 is 62.0 Å². The van der Waals surface area contributed by atoms with Crippen molar-refractivity contribution in [1.29, 1.82) is 0 Å². The number of hydrogen-bond donors (Lipinski definition) is 2. The molecule has 5 heterocycles. The van der Waals surface area contributed by atoms with Crippen LogP contribution in [0.2, 0.25) is 0 Å². The highest BCUT2D eigenvalue weighted by Crippen LogP contribution is 2.41. The van der Waals surface area contributed by atoms with Gasteiger partial charge in [0.25, 0.3) is 5.69 Å². The molecular weight excluding hydrogens is 783 g/mol. The van der Waals surface area contributed by atoms with Gasteiger partial charge in [-0.3, -0.25) is 10.1 Å². The number of aromatic amines is 2. The highest BCUT2D eigenvalue weighted by molar-refractivity contribution is 6.08. The number of nitro groups is 1. The topological polar surface area (TPSA) is 152 Å². The third kappa shape index (κ3) is 7.13. The van der Waals surface area contributed by atoms with Crippen LogP contribution in [-0.2, 0) is 16.2 Å². The molecule has 11 nitrogen and oxygen atoms in total. The number of hydrogen-bond acceptors (Lipinski definition) is 8. The molecule has 0 spiro atoms. The molecule has 2 aliphatic rings. The summed E-state index contributed by atoms with van der Waals surface area (Å²) in [6.45, 7) is 19.8. The summed E-state index contributed by atoms with van der Waals surface area (Å²) < 4.78 is 0. The molecule has 2 N–H and O–H groups in total. The quantitative estimate of drug-likeness (QED) is 0.101. The van der Waals surface area contributed by atoms with Gasteiger partial charge in [-0.2, -0.15) is 0 Å². The number of nitrogens with one attached hydrogen (secondary N) is 2. The van der Waals surface area contributed by atoms with Crippen LogP contribution in [0, 0.1) is 10.1 Å². The minimum atomic E-state index is -0.395. The van der Waals surface area contributed by atoms with Gasteiger partial charge >= 0.3 is 0 Å². The maximum absolute atomic E-state index is 11.3. The predicted molar refractivity (Wildman–Crippen MR) is 254 cm³/mol. The summed E-state index contributed by atoms with van der Waals surface area (Å²) in [6.07, 6.45) is 3.92. The fourth-order valence-electron chi connectivity index (χ4n) is 8.21. The third-order valence-corrected chi connectivity index (χ3v) is 12.0. The first-order chi connectivity index (χ1) is 29.9. The van der Waals surface area contributed by atoms with Crippen molar-refractivity contribution in [1.82, 2.24) is 39.9 Å². The molecule has 10 rings (SSSR count). The molecule has 0 unspecified atom stereocenters. The number of benzene rings is 5. The zero-order valence-corrected chi connectivity index (χ0v) is 36.8. The maximum Gasteiger partial charge on any atom is 0.269 e. The van der Waals surface area contributed by atoms with Crippen molar-refractivity contribution in [3.05, 3.63) is 135 Å². The Morgan fingerprint density at radius 1 is 0.429 bits per heavy atom. The van der Waals surface area contributed by atoms with Crippen molar-refractivity contribution in [2.24, 2.45) is 0 Å². The molecule has 0 saturated heterocycles. The van der Waals surface area contributed by atoms with E-state index in [1.807, 2.05) is 24.3 Å². The second kappa shape index (κ2) is 14.1. The van der Waals surface area contributed by atoms with E-state index >= 15 is 0 Å². The first-order valence-corrected chi connectivity index (χ1v) is 21.2. The molecule has 3 aromatic heterocycles. The number of H-pyrrole nitrogens is 2. The zero-order chi connectivity index (χ0) is 44.2. The average molecular weight is 830 g/mol. The molecular formula is C52H47N9O2. The van der Waals surface area contributed by atoms with Crippen LogP contribution in [0.15, 0.2) is 97.1 Å². The number of fused-ring (bicyclic) bond motifs is 20. The Kier molecular flexibility index (Phi) is 8.87. The van der Waals surface area contributed by atoms with Gasteiger partial charge in [-0.1, -0.05) is 117 Å². The Bertz CT molecular complexity index is 3430. The molecule has 312 valence electrons. The molecule has 0 radical (unpaired) electrons. The highest BCUT2D eigenvalue weighted by Gasteiger charge is 2.27.